The van der Waals surface area contributed by atoms with Gasteiger partial charge in [-0.15, -0.1) is 0 Å². The van der Waals surface area contributed by atoms with Gasteiger partial charge in [0.1, 0.15) is 0 Å². The van der Waals surface area contributed by atoms with Gasteiger partial charge in [0.05, 0.1) is 11.0 Å². The molecule has 102 valence electrons. The monoisotopic (exact) mass is 258 g/mol. The molecule has 1 aliphatic heterocycles. The van der Waals surface area contributed by atoms with E-state index in [1.165, 1.54) is 13.0 Å². The number of fused-ring (bicyclic) bond motifs is 1. The molecule has 4 nitrogen and oxygen atoms in total. The summed E-state index contributed by atoms with van der Waals surface area (Å²) in [4.78, 5) is 13.1. The minimum Gasteiger partial charge on any atom is -0.338 e. The molecule has 1 aromatic heterocycles. The topological polar surface area (TPSA) is 35.2 Å². The van der Waals surface area contributed by atoms with Gasteiger partial charge >= 0.3 is 0 Å². The minimum absolute atomic E-state index is 0.588. The van der Waals surface area contributed by atoms with E-state index in [0.29, 0.717) is 6.04 Å². The molecule has 0 bridgehead atoms. The first-order valence-corrected chi connectivity index (χ1v) is 7.25. The van der Waals surface area contributed by atoms with Crippen LogP contribution in [0.3, 0.4) is 0 Å². The van der Waals surface area contributed by atoms with Crippen LogP contribution in [0.25, 0.3) is 11.0 Å². The normalized spacial score (nSPS) is 20.2. The predicted molar refractivity (Wildman–Crippen MR) is 79.6 cm³/mol. The number of imidazole rings is 1. The van der Waals surface area contributed by atoms with Crippen molar-refractivity contribution in [3.8, 4) is 0 Å². The van der Waals surface area contributed by atoms with Crippen molar-refractivity contribution in [1.82, 2.24) is 14.9 Å². The Balaban J connectivity index is 1.85. The first kappa shape index (κ1) is 12.5. The Hall–Kier alpha value is -1.55. The van der Waals surface area contributed by atoms with Gasteiger partial charge in [-0.25, -0.2) is 4.98 Å². The van der Waals surface area contributed by atoms with E-state index in [1.54, 1.807) is 0 Å². The molecule has 1 unspecified atom stereocenters. The third-order valence-corrected chi connectivity index (χ3v) is 4.13. The summed E-state index contributed by atoms with van der Waals surface area (Å²) in [7, 11) is 0. The summed E-state index contributed by atoms with van der Waals surface area (Å²) < 4.78 is 0. The summed E-state index contributed by atoms with van der Waals surface area (Å²) in [6, 6.07) is 8.83. The number of para-hydroxylation sites is 2. The summed E-state index contributed by atoms with van der Waals surface area (Å²) in [5, 5.41) is 0. The van der Waals surface area contributed by atoms with E-state index in [2.05, 4.69) is 46.8 Å². The second-order valence-electron chi connectivity index (χ2n) is 5.20. The first-order chi connectivity index (χ1) is 9.31. The average Bonchev–Trinajstić information content (AvgIpc) is 3.05. The van der Waals surface area contributed by atoms with Crippen LogP contribution < -0.4 is 4.90 Å². The van der Waals surface area contributed by atoms with E-state index < -0.39 is 0 Å². The average molecular weight is 258 g/mol. The van der Waals surface area contributed by atoms with Gasteiger partial charge in [-0.2, -0.15) is 0 Å². The lowest BCUT2D eigenvalue weighted by atomic mass is 10.2. The zero-order valence-electron chi connectivity index (χ0n) is 11.8. The largest absolute Gasteiger partial charge is 0.338 e. The highest BCUT2D eigenvalue weighted by atomic mass is 15.3. The summed E-state index contributed by atoms with van der Waals surface area (Å²) in [5.41, 5.74) is 2.18. The quantitative estimate of drug-likeness (QED) is 0.915. The predicted octanol–water partition coefficient (Wildman–Crippen LogP) is 2.48. The number of benzene rings is 1. The number of likely N-dealkylation sites (tertiary alicyclic amines) is 1. The van der Waals surface area contributed by atoms with E-state index in [4.69, 9.17) is 4.98 Å². The number of aromatic amines is 1. The van der Waals surface area contributed by atoms with Gasteiger partial charge < -0.3 is 14.8 Å². The van der Waals surface area contributed by atoms with Crippen LogP contribution in [0.2, 0.25) is 0 Å². The van der Waals surface area contributed by atoms with Crippen LogP contribution >= 0.6 is 0 Å². The number of anilines is 1. The minimum atomic E-state index is 0.588. The van der Waals surface area contributed by atoms with E-state index in [-0.39, 0.29) is 0 Å². The molecule has 0 amide bonds. The SMILES string of the molecule is CCN1CCC(N(CC)c2nc3ccccc3[nH]2)C1. The Morgan fingerprint density at radius 2 is 2.21 bits per heavy atom. The Labute approximate surface area is 114 Å². The molecule has 2 aromatic rings. The lowest BCUT2D eigenvalue weighted by molar-refractivity contribution is 0.351. The number of likely N-dealkylation sites (N-methyl/N-ethyl adjacent to an activating group) is 2. The Kier molecular flexibility index (Phi) is 3.42. The van der Waals surface area contributed by atoms with Crippen molar-refractivity contribution < 1.29 is 0 Å². The van der Waals surface area contributed by atoms with Crippen LogP contribution in [0.4, 0.5) is 5.95 Å². The van der Waals surface area contributed by atoms with Gasteiger partial charge in [0.25, 0.3) is 0 Å². The molecule has 1 atom stereocenters. The Morgan fingerprint density at radius 3 is 2.89 bits per heavy atom. The van der Waals surface area contributed by atoms with Crippen LogP contribution in [0.5, 0.6) is 0 Å². The maximum Gasteiger partial charge on any atom is 0.204 e. The van der Waals surface area contributed by atoms with Crippen molar-refractivity contribution in [3.63, 3.8) is 0 Å². The van der Waals surface area contributed by atoms with Gasteiger partial charge in [-0.05, 0) is 32.0 Å². The van der Waals surface area contributed by atoms with Crippen LogP contribution in [-0.4, -0.2) is 47.1 Å². The summed E-state index contributed by atoms with van der Waals surface area (Å²) in [6.45, 7) is 8.96. The third kappa shape index (κ3) is 2.32. The Bertz CT molecular complexity index is 515. The molecule has 1 fully saturated rings. The molecule has 1 N–H and O–H groups in total. The number of aromatic nitrogens is 2. The zero-order chi connectivity index (χ0) is 13.2. The van der Waals surface area contributed by atoms with Crippen molar-refractivity contribution in [2.24, 2.45) is 0 Å². The van der Waals surface area contributed by atoms with E-state index in [0.717, 1.165) is 36.6 Å². The number of nitrogens with one attached hydrogen (secondary N) is 1. The molecule has 0 spiro atoms. The summed E-state index contributed by atoms with van der Waals surface area (Å²) >= 11 is 0. The highest BCUT2D eigenvalue weighted by Gasteiger charge is 2.27. The van der Waals surface area contributed by atoms with Crippen LogP contribution in [0.1, 0.15) is 20.3 Å². The number of hydrogen-bond acceptors (Lipinski definition) is 3. The second-order valence-corrected chi connectivity index (χ2v) is 5.20. The smallest absolute Gasteiger partial charge is 0.204 e. The zero-order valence-corrected chi connectivity index (χ0v) is 11.8. The molecular formula is C15H22N4. The Morgan fingerprint density at radius 1 is 1.37 bits per heavy atom. The molecule has 0 aliphatic carbocycles. The fourth-order valence-electron chi connectivity index (χ4n) is 3.01. The highest BCUT2D eigenvalue weighted by Crippen LogP contribution is 2.23. The molecule has 3 rings (SSSR count). The molecule has 1 saturated heterocycles. The molecule has 4 heteroatoms. The van der Waals surface area contributed by atoms with E-state index in [1.807, 2.05) is 6.07 Å². The molecule has 0 radical (unpaired) electrons. The maximum atomic E-state index is 4.73. The highest BCUT2D eigenvalue weighted by molar-refractivity contribution is 5.77. The number of rotatable bonds is 4. The molecule has 19 heavy (non-hydrogen) atoms. The second kappa shape index (κ2) is 5.21. The maximum absolute atomic E-state index is 4.73. The fraction of sp³-hybridized carbons (Fsp3) is 0.533. The molecule has 1 aliphatic rings. The first-order valence-electron chi connectivity index (χ1n) is 7.25. The molecule has 2 heterocycles. The van der Waals surface area contributed by atoms with Crippen molar-refractivity contribution in [2.75, 3.05) is 31.1 Å². The third-order valence-electron chi connectivity index (χ3n) is 4.13. The summed E-state index contributed by atoms with van der Waals surface area (Å²) in [5.74, 6) is 1.02. The van der Waals surface area contributed by atoms with E-state index >= 15 is 0 Å². The lowest BCUT2D eigenvalue weighted by Crippen LogP contribution is -2.38. The van der Waals surface area contributed by atoms with Crippen molar-refractivity contribution in [3.05, 3.63) is 24.3 Å². The van der Waals surface area contributed by atoms with Crippen LogP contribution in [-0.2, 0) is 0 Å². The molecular weight excluding hydrogens is 236 g/mol. The fourth-order valence-corrected chi connectivity index (χ4v) is 3.01. The van der Waals surface area contributed by atoms with Crippen LogP contribution in [0, 0.1) is 0 Å². The molecule has 1 aromatic carbocycles. The number of nitrogens with zero attached hydrogens (tertiary/aromatic N) is 3. The van der Waals surface area contributed by atoms with Gasteiger partial charge in [0.2, 0.25) is 5.95 Å². The van der Waals surface area contributed by atoms with Crippen LogP contribution in [0.15, 0.2) is 24.3 Å². The van der Waals surface area contributed by atoms with Crippen molar-refractivity contribution in [2.45, 2.75) is 26.3 Å². The summed E-state index contributed by atoms with van der Waals surface area (Å²) in [6.07, 6.45) is 1.23. The van der Waals surface area contributed by atoms with Gasteiger partial charge in [0.15, 0.2) is 0 Å². The van der Waals surface area contributed by atoms with Crippen molar-refractivity contribution >= 4 is 17.0 Å². The van der Waals surface area contributed by atoms with Gasteiger partial charge in [-0.1, -0.05) is 19.1 Å². The van der Waals surface area contributed by atoms with E-state index in [9.17, 15) is 0 Å². The standard InChI is InChI=1S/C15H22N4/c1-3-18-10-9-12(11-18)19(4-2)15-16-13-7-5-6-8-14(13)17-15/h5-8,12H,3-4,9-11H2,1-2H3,(H,16,17). The number of H-pyrrole nitrogens is 1. The number of hydrogen-bond donors (Lipinski definition) is 1. The van der Waals surface area contributed by atoms with Gasteiger partial charge in [-0.3, -0.25) is 0 Å². The lowest BCUT2D eigenvalue weighted by Gasteiger charge is -2.27. The molecule has 0 saturated carbocycles. The van der Waals surface area contributed by atoms with Gasteiger partial charge in [0, 0.05) is 25.7 Å². The van der Waals surface area contributed by atoms with Crippen molar-refractivity contribution in [1.29, 1.82) is 0 Å².